The fourth-order valence-electron chi connectivity index (χ4n) is 4.90. The number of hydrogen-bond acceptors (Lipinski definition) is 4. The summed E-state index contributed by atoms with van der Waals surface area (Å²) in [7, 11) is 0. The summed E-state index contributed by atoms with van der Waals surface area (Å²) in [6, 6.07) is 27.6. The molecule has 4 aromatic carbocycles. The number of rotatable bonds is 11. The van der Waals surface area contributed by atoms with Gasteiger partial charge in [0.25, 0.3) is 0 Å². The summed E-state index contributed by atoms with van der Waals surface area (Å²) in [5, 5.41) is 2.25. The van der Waals surface area contributed by atoms with E-state index in [1.54, 1.807) is 0 Å². The Kier molecular flexibility index (Phi) is 7.74. The van der Waals surface area contributed by atoms with Gasteiger partial charge in [-0.25, -0.2) is 4.98 Å². The molecular weight excluding hydrogens is 456 g/mol. The van der Waals surface area contributed by atoms with Crippen LogP contribution in [0.15, 0.2) is 83.3 Å². The van der Waals surface area contributed by atoms with Gasteiger partial charge in [0.1, 0.15) is 11.3 Å². The first-order chi connectivity index (χ1) is 18.2. The van der Waals surface area contributed by atoms with Crippen LogP contribution in [0.1, 0.15) is 46.5 Å². The lowest BCUT2D eigenvalue weighted by atomic mass is 9.97. The number of unbranched alkanes of at least 4 members (excludes halogenated alkanes) is 2. The first-order valence-electron chi connectivity index (χ1n) is 13.6. The van der Waals surface area contributed by atoms with Gasteiger partial charge in [-0.1, -0.05) is 63.1 Å². The maximum atomic E-state index is 6.33. The second-order valence-electron chi connectivity index (χ2n) is 9.54. The minimum Gasteiger partial charge on any atom is -0.494 e. The molecule has 37 heavy (non-hydrogen) atoms. The van der Waals surface area contributed by atoms with Crippen LogP contribution in [0.4, 0.5) is 5.69 Å². The van der Waals surface area contributed by atoms with Crippen molar-refractivity contribution in [3.05, 3.63) is 78.9 Å². The molecule has 5 aromatic rings. The van der Waals surface area contributed by atoms with Crippen LogP contribution in [0.3, 0.4) is 0 Å². The van der Waals surface area contributed by atoms with Crippen molar-refractivity contribution in [3.8, 4) is 28.3 Å². The van der Waals surface area contributed by atoms with E-state index in [2.05, 4.69) is 73.3 Å². The summed E-state index contributed by atoms with van der Waals surface area (Å²) in [4.78, 5) is 7.42. The second-order valence-corrected chi connectivity index (χ2v) is 9.54. The standard InChI is InChI=1S/C33H36N2O2/c1-4-7-21-35(22-8-5-2)26-17-13-24(14-18-26)30-23-31-32(29-12-10-9-11-28(29)30)37-33(34-31)25-15-19-27(20-16-25)36-6-3/h9-20,23H,4-8,21-22H2,1-3H3. The van der Waals surface area contributed by atoms with E-state index < -0.39 is 0 Å². The number of benzene rings is 4. The molecule has 4 nitrogen and oxygen atoms in total. The minimum atomic E-state index is 0.623. The van der Waals surface area contributed by atoms with Crippen LogP contribution >= 0.6 is 0 Å². The third kappa shape index (κ3) is 5.34. The molecule has 0 N–H and O–H groups in total. The number of hydrogen-bond donors (Lipinski definition) is 0. The average molecular weight is 493 g/mol. The van der Waals surface area contributed by atoms with E-state index in [-0.39, 0.29) is 0 Å². The highest BCUT2D eigenvalue weighted by molar-refractivity contribution is 6.10. The van der Waals surface area contributed by atoms with Crippen molar-refractivity contribution in [2.24, 2.45) is 0 Å². The van der Waals surface area contributed by atoms with E-state index in [9.17, 15) is 0 Å². The smallest absolute Gasteiger partial charge is 0.227 e. The summed E-state index contributed by atoms with van der Waals surface area (Å²) >= 11 is 0. The Morgan fingerprint density at radius 3 is 2.05 bits per heavy atom. The van der Waals surface area contributed by atoms with Crippen molar-refractivity contribution in [2.75, 3.05) is 24.6 Å². The van der Waals surface area contributed by atoms with Crippen molar-refractivity contribution in [1.29, 1.82) is 0 Å². The van der Waals surface area contributed by atoms with Crippen LogP contribution in [0.25, 0.3) is 44.5 Å². The molecule has 1 heterocycles. The summed E-state index contributed by atoms with van der Waals surface area (Å²) in [6.07, 6.45) is 4.86. The SMILES string of the molecule is CCCCN(CCCC)c1ccc(-c2cc3nc(-c4ccc(OCC)cc4)oc3c3ccccc23)cc1. The third-order valence-electron chi connectivity index (χ3n) is 6.92. The van der Waals surface area contributed by atoms with Crippen LogP contribution in [-0.2, 0) is 0 Å². The van der Waals surface area contributed by atoms with Gasteiger partial charge >= 0.3 is 0 Å². The van der Waals surface area contributed by atoms with Crippen molar-refractivity contribution >= 4 is 27.6 Å². The summed E-state index contributed by atoms with van der Waals surface area (Å²) in [5.74, 6) is 1.47. The Morgan fingerprint density at radius 1 is 0.757 bits per heavy atom. The molecule has 5 rings (SSSR count). The Labute approximate surface area is 219 Å². The fourth-order valence-corrected chi connectivity index (χ4v) is 4.90. The molecule has 4 heteroatoms. The molecule has 0 fully saturated rings. The van der Waals surface area contributed by atoms with E-state index in [1.165, 1.54) is 47.9 Å². The predicted molar refractivity (Wildman–Crippen MR) is 156 cm³/mol. The van der Waals surface area contributed by atoms with Gasteiger partial charge in [-0.2, -0.15) is 0 Å². The number of oxazole rings is 1. The van der Waals surface area contributed by atoms with E-state index in [1.807, 2.05) is 31.2 Å². The first-order valence-corrected chi connectivity index (χ1v) is 13.6. The largest absolute Gasteiger partial charge is 0.494 e. The van der Waals surface area contributed by atoms with Crippen molar-refractivity contribution < 1.29 is 9.15 Å². The van der Waals surface area contributed by atoms with Gasteiger partial charge in [-0.05, 0) is 78.7 Å². The minimum absolute atomic E-state index is 0.623. The van der Waals surface area contributed by atoms with Crippen LogP contribution in [0, 0.1) is 0 Å². The quantitative estimate of drug-likeness (QED) is 0.184. The monoisotopic (exact) mass is 492 g/mol. The molecule has 0 saturated carbocycles. The first kappa shape index (κ1) is 24.9. The Morgan fingerprint density at radius 2 is 1.41 bits per heavy atom. The molecule has 0 unspecified atom stereocenters. The van der Waals surface area contributed by atoms with Crippen molar-refractivity contribution in [1.82, 2.24) is 4.98 Å². The summed E-state index contributed by atoms with van der Waals surface area (Å²) in [6.45, 7) is 9.37. The maximum Gasteiger partial charge on any atom is 0.227 e. The number of nitrogens with zero attached hydrogens (tertiary/aromatic N) is 2. The lowest BCUT2D eigenvalue weighted by Crippen LogP contribution is -2.25. The predicted octanol–water partition coefficient (Wildman–Crippen LogP) is 9.12. The number of ether oxygens (including phenoxy) is 1. The number of anilines is 1. The Hall–Kier alpha value is -3.79. The molecule has 0 bridgehead atoms. The highest BCUT2D eigenvalue weighted by Crippen LogP contribution is 2.37. The molecule has 0 atom stereocenters. The Bertz CT molecular complexity index is 1440. The molecule has 0 aliphatic rings. The lowest BCUT2D eigenvalue weighted by Gasteiger charge is -2.25. The van der Waals surface area contributed by atoms with Crippen LogP contribution in [0.5, 0.6) is 5.75 Å². The van der Waals surface area contributed by atoms with Crippen LogP contribution < -0.4 is 9.64 Å². The van der Waals surface area contributed by atoms with E-state index in [0.717, 1.165) is 40.9 Å². The molecule has 0 spiro atoms. The highest BCUT2D eigenvalue weighted by Gasteiger charge is 2.16. The van der Waals surface area contributed by atoms with Gasteiger partial charge in [0.2, 0.25) is 5.89 Å². The third-order valence-corrected chi connectivity index (χ3v) is 6.92. The van der Waals surface area contributed by atoms with Gasteiger partial charge in [0.05, 0.1) is 6.61 Å². The molecule has 0 saturated heterocycles. The average Bonchev–Trinajstić information content (AvgIpc) is 3.38. The van der Waals surface area contributed by atoms with Crippen LogP contribution in [0.2, 0.25) is 0 Å². The molecule has 0 amide bonds. The van der Waals surface area contributed by atoms with E-state index in [4.69, 9.17) is 14.1 Å². The lowest BCUT2D eigenvalue weighted by molar-refractivity contribution is 0.340. The second kappa shape index (κ2) is 11.5. The normalized spacial score (nSPS) is 11.3. The molecule has 0 aliphatic carbocycles. The zero-order chi connectivity index (χ0) is 25.6. The zero-order valence-corrected chi connectivity index (χ0v) is 22.2. The maximum absolute atomic E-state index is 6.33. The van der Waals surface area contributed by atoms with E-state index in [0.29, 0.717) is 12.5 Å². The van der Waals surface area contributed by atoms with Crippen molar-refractivity contribution in [3.63, 3.8) is 0 Å². The fraction of sp³-hybridized carbons (Fsp3) is 0.303. The molecule has 0 radical (unpaired) electrons. The molecule has 190 valence electrons. The van der Waals surface area contributed by atoms with Gasteiger partial charge < -0.3 is 14.1 Å². The zero-order valence-electron chi connectivity index (χ0n) is 22.2. The van der Waals surface area contributed by atoms with Gasteiger partial charge in [-0.15, -0.1) is 0 Å². The molecule has 1 aromatic heterocycles. The molecular formula is C33H36N2O2. The van der Waals surface area contributed by atoms with Crippen LogP contribution in [-0.4, -0.2) is 24.7 Å². The van der Waals surface area contributed by atoms with Crippen molar-refractivity contribution in [2.45, 2.75) is 46.5 Å². The number of aromatic nitrogens is 1. The Balaban J connectivity index is 1.53. The van der Waals surface area contributed by atoms with E-state index >= 15 is 0 Å². The highest BCUT2D eigenvalue weighted by atomic mass is 16.5. The van der Waals surface area contributed by atoms with Gasteiger partial charge in [0.15, 0.2) is 5.58 Å². The summed E-state index contributed by atoms with van der Waals surface area (Å²) in [5.41, 5.74) is 6.30. The topological polar surface area (TPSA) is 38.5 Å². The molecule has 0 aliphatic heterocycles. The van der Waals surface area contributed by atoms with Gasteiger partial charge in [0, 0.05) is 29.7 Å². The number of fused-ring (bicyclic) bond motifs is 3. The van der Waals surface area contributed by atoms with Gasteiger partial charge in [-0.3, -0.25) is 0 Å². The summed E-state index contributed by atoms with van der Waals surface area (Å²) < 4.78 is 11.9.